The van der Waals surface area contributed by atoms with Crippen LogP contribution in [0.5, 0.6) is 23.0 Å². The van der Waals surface area contributed by atoms with E-state index in [9.17, 15) is 0 Å². The first-order chi connectivity index (χ1) is 8.58. The van der Waals surface area contributed by atoms with E-state index in [1.54, 1.807) is 0 Å². The van der Waals surface area contributed by atoms with Crippen molar-refractivity contribution in [2.75, 3.05) is 7.05 Å². The summed E-state index contributed by atoms with van der Waals surface area (Å²) >= 11 is 0. The van der Waals surface area contributed by atoms with Crippen LogP contribution in [0.1, 0.15) is 0 Å². The van der Waals surface area contributed by atoms with Crippen LogP contribution in [0.3, 0.4) is 0 Å². The minimum absolute atomic E-state index is 0.169. The van der Waals surface area contributed by atoms with E-state index in [2.05, 4.69) is 5.73 Å². The van der Waals surface area contributed by atoms with Crippen molar-refractivity contribution in [2.24, 2.45) is 5.73 Å². The molecular formula is C13H17NO4. The van der Waals surface area contributed by atoms with Crippen LogP contribution in [0.25, 0.3) is 0 Å². The van der Waals surface area contributed by atoms with E-state index < -0.39 is 0 Å². The molecule has 0 aliphatic carbocycles. The molecule has 0 aliphatic rings. The van der Waals surface area contributed by atoms with Gasteiger partial charge in [0.15, 0.2) is 0 Å². The molecule has 2 aromatic carbocycles. The number of hydrogen-bond donors (Lipinski definition) is 5. The van der Waals surface area contributed by atoms with Gasteiger partial charge < -0.3 is 26.2 Å². The lowest BCUT2D eigenvalue weighted by Crippen LogP contribution is -1.69. The number of hydrogen-bond acceptors (Lipinski definition) is 5. The van der Waals surface area contributed by atoms with Gasteiger partial charge in [-0.25, -0.2) is 0 Å². The topological polar surface area (TPSA) is 107 Å². The first kappa shape index (κ1) is 15.6. The lowest BCUT2D eigenvalue weighted by Gasteiger charge is -1.88. The predicted octanol–water partition coefficient (Wildman–Crippen LogP) is 1.77. The standard InChI is InChI=1S/2C6H6O2.CH5N/c2*7-5-1-2-6(8)4-3-5;1-2/h2*1-4,7-8H;2H2,1H3. The van der Waals surface area contributed by atoms with Crippen molar-refractivity contribution >= 4 is 0 Å². The highest BCUT2D eigenvalue weighted by molar-refractivity contribution is 5.29. The maximum absolute atomic E-state index is 8.65. The Labute approximate surface area is 105 Å². The fraction of sp³-hybridized carbons (Fsp3) is 0.0769. The van der Waals surface area contributed by atoms with Crippen molar-refractivity contribution in [2.45, 2.75) is 0 Å². The Hall–Kier alpha value is -2.40. The molecule has 2 rings (SSSR count). The van der Waals surface area contributed by atoms with Crippen LogP contribution in [0.4, 0.5) is 0 Å². The Morgan fingerprint density at radius 1 is 0.500 bits per heavy atom. The van der Waals surface area contributed by atoms with Crippen LogP contribution >= 0.6 is 0 Å². The summed E-state index contributed by atoms with van der Waals surface area (Å²) < 4.78 is 0. The quantitative estimate of drug-likeness (QED) is 0.459. The summed E-state index contributed by atoms with van der Waals surface area (Å²) in [5.74, 6) is 0.677. The highest BCUT2D eigenvalue weighted by Crippen LogP contribution is 2.13. The van der Waals surface area contributed by atoms with Gasteiger partial charge in [0.25, 0.3) is 0 Å². The minimum atomic E-state index is 0.169. The number of rotatable bonds is 0. The number of phenols is 4. The third-order valence-electron chi connectivity index (χ3n) is 1.70. The molecule has 0 atom stereocenters. The summed E-state index contributed by atoms with van der Waals surface area (Å²) in [4.78, 5) is 0. The molecule has 0 bridgehead atoms. The van der Waals surface area contributed by atoms with Crippen LogP contribution in [-0.2, 0) is 0 Å². The first-order valence-corrected chi connectivity index (χ1v) is 5.11. The van der Waals surface area contributed by atoms with Crippen molar-refractivity contribution in [1.29, 1.82) is 0 Å². The van der Waals surface area contributed by atoms with Gasteiger partial charge in [0.05, 0.1) is 0 Å². The molecule has 0 unspecified atom stereocenters. The van der Waals surface area contributed by atoms with Gasteiger partial charge in [0, 0.05) is 0 Å². The number of benzene rings is 2. The lowest BCUT2D eigenvalue weighted by atomic mass is 10.3. The van der Waals surface area contributed by atoms with E-state index in [1.807, 2.05) is 0 Å². The van der Waals surface area contributed by atoms with Crippen LogP contribution in [-0.4, -0.2) is 27.5 Å². The minimum Gasteiger partial charge on any atom is -0.508 e. The van der Waals surface area contributed by atoms with E-state index in [0.29, 0.717) is 0 Å². The van der Waals surface area contributed by atoms with Gasteiger partial charge in [0.2, 0.25) is 0 Å². The molecule has 0 aromatic heterocycles. The molecule has 0 amide bonds. The van der Waals surface area contributed by atoms with Crippen molar-refractivity contribution in [3.8, 4) is 23.0 Å². The first-order valence-electron chi connectivity index (χ1n) is 5.11. The molecule has 98 valence electrons. The van der Waals surface area contributed by atoms with E-state index in [0.717, 1.165) is 0 Å². The Morgan fingerprint density at radius 2 is 0.611 bits per heavy atom. The number of nitrogens with two attached hydrogens (primary N) is 1. The van der Waals surface area contributed by atoms with E-state index in [-0.39, 0.29) is 23.0 Å². The summed E-state index contributed by atoms with van der Waals surface area (Å²) in [6.07, 6.45) is 0. The molecule has 0 fully saturated rings. The van der Waals surface area contributed by atoms with E-state index >= 15 is 0 Å². The lowest BCUT2D eigenvalue weighted by molar-refractivity contribution is 0.460. The Morgan fingerprint density at radius 3 is 0.722 bits per heavy atom. The number of phenolic OH excluding ortho intramolecular Hbond substituents is 4. The molecule has 18 heavy (non-hydrogen) atoms. The van der Waals surface area contributed by atoms with Crippen molar-refractivity contribution in [1.82, 2.24) is 0 Å². The molecule has 0 radical (unpaired) electrons. The maximum Gasteiger partial charge on any atom is 0.115 e. The van der Waals surface area contributed by atoms with Gasteiger partial charge in [-0.15, -0.1) is 0 Å². The van der Waals surface area contributed by atoms with Gasteiger partial charge in [-0.2, -0.15) is 0 Å². The third kappa shape index (κ3) is 6.97. The van der Waals surface area contributed by atoms with Crippen LogP contribution < -0.4 is 5.73 Å². The largest absolute Gasteiger partial charge is 0.508 e. The van der Waals surface area contributed by atoms with Gasteiger partial charge in [0.1, 0.15) is 23.0 Å². The molecule has 0 saturated carbocycles. The zero-order chi connectivity index (χ0) is 14.0. The van der Waals surface area contributed by atoms with E-state index in [1.165, 1.54) is 55.6 Å². The summed E-state index contributed by atoms with van der Waals surface area (Å²) in [5, 5.41) is 34.6. The van der Waals surface area contributed by atoms with Crippen molar-refractivity contribution < 1.29 is 20.4 Å². The van der Waals surface area contributed by atoms with Crippen molar-refractivity contribution in [3.05, 3.63) is 48.5 Å². The van der Waals surface area contributed by atoms with Gasteiger partial charge in [-0.1, -0.05) is 0 Å². The molecule has 5 nitrogen and oxygen atoms in total. The zero-order valence-electron chi connectivity index (χ0n) is 9.99. The highest BCUT2D eigenvalue weighted by Gasteiger charge is 1.84. The second kappa shape index (κ2) is 8.72. The van der Waals surface area contributed by atoms with Gasteiger partial charge in [-0.3, -0.25) is 0 Å². The maximum atomic E-state index is 8.65. The van der Waals surface area contributed by atoms with Gasteiger partial charge in [-0.05, 0) is 55.6 Å². The molecular weight excluding hydrogens is 234 g/mol. The molecule has 2 aromatic rings. The molecule has 0 aliphatic heterocycles. The van der Waals surface area contributed by atoms with Crippen LogP contribution in [0.2, 0.25) is 0 Å². The average molecular weight is 251 g/mol. The summed E-state index contributed by atoms with van der Waals surface area (Å²) in [6.45, 7) is 0. The van der Waals surface area contributed by atoms with Gasteiger partial charge >= 0.3 is 0 Å². The Bertz CT molecular complexity index is 340. The van der Waals surface area contributed by atoms with Crippen LogP contribution in [0.15, 0.2) is 48.5 Å². The summed E-state index contributed by atoms with van der Waals surface area (Å²) in [5.41, 5.74) is 4.50. The normalized spacial score (nSPS) is 8.33. The second-order valence-electron chi connectivity index (χ2n) is 3.03. The number of aromatic hydroxyl groups is 4. The van der Waals surface area contributed by atoms with Crippen LogP contribution in [0, 0.1) is 0 Å². The molecule has 0 saturated heterocycles. The third-order valence-corrected chi connectivity index (χ3v) is 1.70. The molecule has 0 heterocycles. The second-order valence-corrected chi connectivity index (χ2v) is 3.03. The summed E-state index contributed by atoms with van der Waals surface area (Å²) in [6, 6.07) is 11.4. The monoisotopic (exact) mass is 251 g/mol. The smallest absolute Gasteiger partial charge is 0.115 e. The Kier molecular flexibility index (Phi) is 7.56. The Balaban J connectivity index is 0.000000283. The molecule has 0 spiro atoms. The fourth-order valence-electron chi connectivity index (χ4n) is 0.905. The molecule has 5 heteroatoms. The fourth-order valence-corrected chi connectivity index (χ4v) is 0.905. The van der Waals surface area contributed by atoms with E-state index in [4.69, 9.17) is 20.4 Å². The van der Waals surface area contributed by atoms with Crippen molar-refractivity contribution in [3.63, 3.8) is 0 Å². The molecule has 6 N–H and O–H groups in total. The predicted molar refractivity (Wildman–Crippen MR) is 69.7 cm³/mol. The highest BCUT2D eigenvalue weighted by atomic mass is 16.3. The zero-order valence-corrected chi connectivity index (χ0v) is 9.99. The summed E-state index contributed by atoms with van der Waals surface area (Å²) in [7, 11) is 1.50. The average Bonchev–Trinajstić information content (AvgIpc) is 2.40. The SMILES string of the molecule is CN.Oc1ccc(O)cc1.Oc1ccc(O)cc1.